The summed E-state index contributed by atoms with van der Waals surface area (Å²) in [4.78, 5) is 41.2. The van der Waals surface area contributed by atoms with Crippen LogP contribution in [0, 0.1) is 5.82 Å². The zero-order valence-electron chi connectivity index (χ0n) is 19.1. The van der Waals surface area contributed by atoms with Crippen LogP contribution in [0.1, 0.15) is 30.0 Å². The van der Waals surface area contributed by atoms with Crippen molar-refractivity contribution in [1.82, 2.24) is 20.7 Å². The molecule has 0 aliphatic carbocycles. The Balaban J connectivity index is 1.43. The third kappa shape index (κ3) is 8.34. The number of hydrogen-bond donors (Lipinski definition) is 2. The molecule has 0 unspecified atom stereocenters. The molecule has 1 aliphatic heterocycles. The third-order valence-electron chi connectivity index (χ3n) is 5.41. The second-order valence-electron chi connectivity index (χ2n) is 7.87. The number of halogens is 2. The Hall–Kier alpha value is -3.50. The third-order valence-corrected chi connectivity index (χ3v) is 5.64. The van der Waals surface area contributed by atoms with Gasteiger partial charge in [-0.2, -0.15) is 0 Å². The SMILES string of the molecule is COC(=O)/C=C/C(=O)NNC(=O)CN1CCC(c2cccc(OCc3ccc(Cl)cc3F)n2)CC1. The average molecular weight is 505 g/mol. The predicted molar refractivity (Wildman–Crippen MR) is 126 cm³/mol. The smallest absolute Gasteiger partial charge is 0.330 e. The molecule has 2 N–H and O–H groups in total. The number of hydrogen-bond acceptors (Lipinski definition) is 7. The second-order valence-corrected chi connectivity index (χ2v) is 8.31. The molecular formula is C24H26ClFN4O5. The number of ether oxygens (including phenoxy) is 2. The Morgan fingerprint density at radius 2 is 1.94 bits per heavy atom. The number of nitrogens with one attached hydrogen (secondary N) is 2. The van der Waals surface area contributed by atoms with Gasteiger partial charge in [0.25, 0.3) is 11.8 Å². The number of benzene rings is 1. The number of likely N-dealkylation sites (tertiary alicyclic amines) is 1. The van der Waals surface area contributed by atoms with Crippen molar-refractivity contribution < 1.29 is 28.2 Å². The van der Waals surface area contributed by atoms with Gasteiger partial charge in [-0.1, -0.05) is 23.7 Å². The quantitative estimate of drug-likeness (QED) is 0.323. The summed E-state index contributed by atoms with van der Waals surface area (Å²) in [5, 5.41) is 0.327. The molecule has 2 amide bonds. The van der Waals surface area contributed by atoms with Crippen LogP contribution in [0.3, 0.4) is 0 Å². The lowest BCUT2D eigenvalue weighted by atomic mass is 9.93. The van der Waals surface area contributed by atoms with E-state index in [-0.39, 0.29) is 25.0 Å². The Kier molecular flexibility index (Phi) is 9.56. The molecule has 0 radical (unpaired) electrons. The highest BCUT2D eigenvalue weighted by atomic mass is 35.5. The Labute approximate surface area is 207 Å². The van der Waals surface area contributed by atoms with Gasteiger partial charge < -0.3 is 9.47 Å². The van der Waals surface area contributed by atoms with Gasteiger partial charge in [0.15, 0.2) is 0 Å². The summed E-state index contributed by atoms with van der Waals surface area (Å²) in [6.45, 7) is 1.52. The second kappa shape index (κ2) is 12.8. The molecule has 0 atom stereocenters. The number of hydrazine groups is 1. The highest BCUT2D eigenvalue weighted by molar-refractivity contribution is 6.30. The number of pyridine rings is 1. The van der Waals surface area contributed by atoms with Gasteiger partial charge in [-0.25, -0.2) is 14.2 Å². The minimum atomic E-state index is -0.670. The van der Waals surface area contributed by atoms with Crippen molar-refractivity contribution in [3.63, 3.8) is 0 Å². The van der Waals surface area contributed by atoms with Crippen LogP contribution in [-0.4, -0.2) is 54.4 Å². The van der Waals surface area contributed by atoms with E-state index < -0.39 is 17.7 Å². The maximum Gasteiger partial charge on any atom is 0.330 e. The topological polar surface area (TPSA) is 110 Å². The summed E-state index contributed by atoms with van der Waals surface area (Å²) in [6, 6.07) is 9.95. The summed E-state index contributed by atoms with van der Waals surface area (Å²) in [7, 11) is 1.20. The molecule has 0 saturated carbocycles. The van der Waals surface area contributed by atoms with E-state index in [2.05, 4.69) is 20.6 Å². The normalized spacial score (nSPS) is 14.5. The van der Waals surface area contributed by atoms with Crippen molar-refractivity contribution in [3.8, 4) is 5.88 Å². The van der Waals surface area contributed by atoms with Crippen molar-refractivity contribution in [2.24, 2.45) is 0 Å². The van der Waals surface area contributed by atoms with Crippen LogP contribution in [0.25, 0.3) is 0 Å². The van der Waals surface area contributed by atoms with Crippen LogP contribution in [0.5, 0.6) is 5.88 Å². The molecule has 35 heavy (non-hydrogen) atoms. The zero-order valence-corrected chi connectivity index (χ0v) is 19.9. The number of rotatable bonds is 8. The number of aromatic nitrogens is 1. The van der Waals surface area contributed by atoms with Crippen LogP contribution in [0.4, 0.5) is 4.39 Å². The zero-order chi connectivity index (χ0) is 25.2. The number of carbonyl (C=O) groups excluding carboxylic acids is 3. The van der Waals surface area contributed by atoms with Crippen molar-refractivity contribution >= 4 is 29.4 Å². The van der Waals surface area contributed by atoms with Gasteiger partial charge in [-0.3, -0.25) is 25.3 Å². The predicted octanol–water partition coefficient (Wildman–Crippen LogP) is 2.51. The van der Waals surface area contributed by atoms with Crippen LogP contribution in [-0.2, 0) is 25.7 Å². The lowest BCUT2D eigenvalue weighted by Gasteiger charge is -2.31. The van der Waals surface area contributed by atoms with E-state index in [1.807, 2.05) is 17.0 Å². The standard InChI is InChI=1S/C24H26ClFN4O5/c1-34-24(33)8-7-21(31)28-29-22(32)14-30-11-9-16(10-12-30)20-3-2-4-23(27-20)35-15-17-5-6-18(25)13-19(17)26/h2-8,13,16H,9-12,14-15H2,1H3,(H,28,31)(H,29,32)/b8-7+. The van der Waals surface area contributed by atoms with Crippen molar-refractivity contribution in [2.45, 2.75) is 25.4 Å². The molecule has 1 aliphatic rings. The first-order valence-corrected chi connectivity index (χ1v) is 11.3. The molecule has 11 heteroatoms. The summed E-state index contributed by atoms with van der Waals surface area (Å²) >= 11 is 5.78. The molecule has 1 saturated heterocycles. The van der Waals surface area contributed by atoms with E-state index in [0.717, 1.165) is 30.7 Å². The van der Waals surface area contributed by atoms with Gasteiger partial charge in [0.1, 0.15) is 12.4 Å². The van der Waals surface area contributed by atoms with Crippen molar-refractivity contribution in [3.05, 3.63) is 70.6 Å². The first-order chi connectivity index (χ1) is 16.8. The largest absolute Gasteiger partial charge is 0.473 e. The van der Waals surface area contributed by atoms with E-state index in [4.69, 9.17) is 16.3 Å². The van der Waals surface area contributed by atoms with Crippen LogP contribution in [0.15, 0.2) is 48.6 Å². The Morgan fingerprint density at radius 3 is 2.66 bits per heavy atom. The van der Waals surface area contributed by atoms with E-state index in [1.54, 1.807) is 18.2 Å². The monoisotopic (exact) mass is 504 g/mol. The van der Waals surface area contributed by atoms with Crippen LogP contribution in [0.2, 0.25) is 5.02 Å². The number of amides is 2. The number of carbonyl (C=O) groups is 3. The number of nitrogens with zero attached hydrogens (tertiary/aromatic N) is 2. The van der Waals surface area contributed by atoms with Crippen LogP contribution < -0.4 is 15.6 Å². The minimum Gasteiger partial charge on any atom is -0.473 e. The molecule has 0 bridgehead atoms. The molecular weight excluding hydrogens is 479 g/mol. The van der Waals surface area contributed by atoms with E-state index in [1.165, 1.54) is 13.2 Å². The maximum absolute atomic E-state index is 14.0. The van der Waals surface area contributed by atoms with Crippen molar-refractivity contribution in [2.75, 3.05) is 26.7 Å². The van der Waals surface area contributed by atoms with Gasteiger partial charge in [-0.05, 0) is 44.1 Å². The van der Waals surface area contributed by atoms with Gasteiger partial charge in [0.2, 0.25) is 5.88 Å². The van der Waals surface area contributed by atoms with Crippen molar-refractivity contribution in [1.29, 1.82) is 0 Å². The molecule has 1 aromatic carbocycles. The average Bonchev–Trinajstić information content (AvgIpc) is 2.86. The van der Waals surface area contributed by atoms with E-state index in [9.17, 15) is 18.8 Å². The molecule has 1 fully saturated rings. The lowest BCUT2D eigenvalue weighted by Crippen LogP contribution is -2.47. The number of piperidine rings is 1. The van der Waals surface area contributed by atoms with E-state index in [0.29, 0.717) is 29.6 Å². The molecule has 3 rings (SSSR count). The molecule has 1 aromatic heterocycles. The molecule has 0 spiro atoms. The lowest BCUT2D eigenvalue weighted by molar-refractivity contribution is -0.135. The van der Waals surface area contributed by atoms with Crippen LogP contribution >= 0.6 is 11.6 Å². The number of esters is 1. The molecule has 9 nitrogen and oxygen atoms in total. The summed E-state index contributed by atoms with van der Waals surface area (Å²) in [5.74, 6) is -1.50. The molecule has 2 heterocycles. The first kappa shape index (κ1) is 26.1. The molecule has 186 valence electrons. The molecule has 2 aromatic rings. The fraction of sp³-hybridized carbons (Fsp3) is 0.333. The van der Waals surface area contributed by atoms with Gasteiger partial charge in [0.05, 0.1) is 13.7 Å². The first-order valence-electron chi connectivity index (χ1n) is 10.9. The maximum atomic E-state index is 14.0. The van der Waals surface area contributed by atoms with Gasteiger partial charge in [0, 0.05) is 40.4 Å². The minimum absolute atomic E-state index is 0.0437. The fourth-order valence-electron chi connectivity index (χ4n) is 3.54. The Morgan fingerprint density at radius 1 is 1.17 bits per heavy atom. The highest BCUT2D eigenvalue weighted by Gasteiger charge is 2.23. The summed E-state index contributed by atoms with van der Waals surface area (Å²) in [5.41, 5.74) is 5.79. The van der Waals surface area contributed by atoms with Gasteiger partial charge in [-0.15, -0.1) is 0 Å². The van der Waals surface area contributed by atoms with E-state index >= 15 is 0 Å². The van der Waals surface area contributed by atoms with Gasteiger partial charge >= 0.3 is 5.97 Å². The Bertz CT molecular complexity index is 1090. The summed E-state index contributed by atoms with van der Waals surface area (Å²) < 4.78 is 24.0. The highest BCUT2D eigenvalue weighted by Crippen LogP contribution is 2.28. The number of methoxy groups -OCH3 is 1. The fourth-order valence-corrected chi connectivity index (χ4v) is 3.70. The summed E-state index contributed by atoms with van der Waals surface area (Å²) in [6.07, 6.45) is 3.51.